The molecule has 2 unspecified atom stereocenters. The van der Waals surface area contributed by atoms with Gasteiger partial charge in [0, 0.05) is 12.5 Å². The van der Waals surface area contributed by atoms with Crippen molar-refractivity contribution in [3.8, 4) is 0 Å². The maximum atomic E-state index is 9.69. The quantitative estimate of drug-likeness (QED) is 0.688. The Morgan fingerprint density at radius 2 is 1.87 bits per heavy atom. The molecule has 0 aromatic heterocycles. The molecule has 0 saturated carbocycles. The normalized spacial score (nSPS) is 13.7. The van der Waals surface area contributed by atoms with Crippen LogP contribution in [0.4, 0.5) is 0 Å². The summed E-state index contributed by atoms with van der Waals surface area (Å²) in [5.41, 5.74) is 11.9. The molecule has 0 radical (unpaired) electrons. The number of rotatable bonds is 4. The highest BCUT2D eigenvalue weighted by Gasteiger charge is 2.21. The van der Waals surface area contributed by atoms with Crippen molar-refractivity contribution < 1.29 is 5.11 Å². The van der Waals surface area contributed by atoms with Crippen molar-refractivity contribution in [2.24, 2.45) is 11.5 Å². The highest BCUT2D eigenvalue weighted by atomic mass is 35.5. The van der Waals surface area contributed by atoms with Gasteiger partial charge in [-0.2, -0.15) is 0 Å². The number of benzene rings is 1. The molecule has 0 spiro atoms. The molecule has 0 bridgehead atoms. The lowest BCUT2D eigenvalue weighted by Gasteiger charge is -2.20. The summed E-state index contributed by atoms with van der Waals surface area (Å²) in [6, 6.07) is 9.50. The molecule has 1 aromatic rings. The van der Waals surface area contributed by atoms with Gasteiger partial charge in [-0.3, -0.25) is 0 Å². The number of halogens is 1. The van der Waals surface area contributed by atoms with Gasteiger partial charge in [0.2, 0.25) is 0 Å². The standard InChI is InChI=1S/C10H14N2OS.ClH/c11-6-8(9(13)10(12)14)7-4-2-1-3-5-7;/h1-5,8-9,13H,6,11H2,(H2,12,14);1H. The molecule has 84 valence electrons. The van der Waals surface area contributed by atoms with Crippen LogP contribution in [0.1, 0.15) is 11.5 Å². The third-order valence-corrected chi connectivity index (χ3v) is 2.40. The van der Waals surface area contributed by atoms with Gasteiger partial charge in [-0.05, 0) is 5.56 Å². The van der Waals surface area contributed by atoms with Crippen LogP contribution in [-0.4, -0.2) is 22.7 Å². The van der Waals surface area contributed by atoms with Crippen molar-refractivity contribution >= 4 is 29.6 Å². The minimum Gasteiger partial charge on any atom is -0.391 e. The Morgan fingerprint density at radius 1 is 1.33 bits per heavy atom. The van der Waals surface area contributed by atoms with Gasteiger partial charge in [0.05, 0.1) is 0 Å². The zero-order valence-corrected chi connectivity index (χ0v) is 9.80. The van der Waals surface area contributed by atoms with Crippen molar-refractivity contribution in [1.82, 2.24) is 0 Å². The van der Waals surface area contributed by atoms with E-state index in [9.17, 15) is 5.11 Å². The van der Waals surface area contributed by atoms with Crippen molar-refractivity contribution in [2.45, 2.75) is 12.0 Å². The Hall–Kier alpha value is -0.680. The molecule has 0 saturated heterocycles. The van der Waals surface area contributed by atoms with E-state index in [1.165, 1.54) is 0 Å². The average Bonchev–Trinajstić information content (AvgIpc) is 2.20. The zero-order valence-electron chi connectivity index (χ0n) is 8.17. The van der Waals surface area contributed by atoms with Crippen LogP contribution >= 0.6 is 24.6 Å². The molecule has 0 aliphatic rings. The molecule has 1 rings (SSSR count). The Kier molecular flexibility index (Phi) is 6.43. The highest BCUT2D eigenvalue weighted by Crippen LogP contribution is 2.18. The van der Waals surface area contributed by atoms with E-state index in [1.807, 2.05) is 30.3 Å². The minimum atomic E-state index is -0.850. The molecule has 5 N–H and O–H groups in total. The summed E-state index contributed by atoms with van der Waals surface area (Å²) in [4.78, 5) is 0.0873. The molecular formula is C10H15ClN2OS. The van der Waals surface area contributed by atoms with Crippen LogP contribution in [0.15, 0.2) is 30.3 Å². The Morgan fingerprint density at radius 3 is 2.27 bits per heavy atom. The van der Waals surface area contributed by atoms with Crippen LogP contribution in [0.2, 0.25) is 0 Å². The van der Waals surface area contributed by atoms with Crippen LogP contribution < -0.4 is 11.5 Å². The van der Waals surface area contributed by atoms with Crippen LogP contribution in [-0.2, 0) is 0 Å². The molecule has 0 aliphatic heterocycles. The Bertz CT molecular complexity index is 308. The van der Waals surface area contributed by atoms with Crippen LogP contribution in [0.3, 0.4) is 0 Å². The van der Waals surface area contributed by atoms with Gasteiger partial charge in [0.1, 0.15) is 11.1 Å². The highest BCUT2D eigenvalue weighted by molar-refractivity contribution is 7.80. The lowest BCUT2D eigenvalue weighted by atomic mass is 9.93. The first-order valence-electron chi connectivity index (χ1n) is 4.39. The van der Waals surface area contributed by atoms with E-state index < -0.39 is 6.10 Å². The SMILES string of the molecule is Cl.NCC(c1ccccc1)C(O)C(N)=S. The smallest absolute Gasteiger partial charge is 0.112 e. The first-order chi connectivity index (χ1) is 6.66. The third kappa shape index (κ3) is 3.76. The lowest BCUT2D eigenvalue weighted by molar-refractivity contribution is 0.212. The molecule has 3 nitrogen and oxygen atoms in total. The van der Waals surface area contributed by atoms with E-state index in [2.05, 4.69) is 0 Å². The minimum absolute atomic E-state index is 0. The van der Waals surface area contributed by atoms with Gasteiger partial charge in [0.15, 0.2) is 0 Å². The van der Waals surface area contributed by atoms with Crippen molar-refractivity contribution in [2.75, 3.05) is 6.54 Å². The number of hydrogen-bond donors (Lipinski definition) is 3. The summed E-state index contributed by atoms with van der Waals surface area (Å²) >= 11 is 4.73. The molecule has 0 aliphatic carbocycles. The maximum absolute atomic E-state index is 9.69. The second-order valence-electron chi connectivity index (χ2n) is 3.10. The van der Waals surface area contributed by atoms with E-state index >= 15 is 0 Å². The van der Waals surface area contributed by atoms with E-state index in [-0.39, 0.29) is 23.3 Å². The van der Waals surface area contributed by atoms with Gasteiger partial charge in [0.25, 0.3) is 0 Å². The first-order valence-corrected chi connectivity index (χ1v) is 4.80. The van der Waals surface area contributed by atoms with Crippen LogP contribution in [0, 0.1) is 0 Å². The lowest BCUT2D eigenvalue weighted by Crippen LogP contribution is -2.36. The monoisotopic (exact) mass is 246 g/mol. The fraction of sp³-hybridized carbons (Fsp3) is 0.300. The van der Waals surface area contributed by atoms with Gasteiger partial charge in [-0.1, -0.05) is 42.5 Å². The van der Waals surface area contributed by atoms with Gasteiger partial charge in [-0.25, -0.2) is 0 Å². The predicted molar refractivity (Wildman–Crippen MR) is 68.3 cm³/mol. The van der Waals surface area contributed by atoms with E-state index in [4.69, 9.17) is 23.7 Å². The second kappa shape index (κ2) is 6.74. The predicted octanol–water partition coefficient (Wildman–Crippen LogP) is 0.798. The second-order valence-corrected chi connectivity index (χ2v) is 3.57. The summed E-state index contributed by atoms with van der Waals surface area (Å²) in [7, 11) is 0. The first kappa shape index (κ1) is 14.3. The summed E-state index contributed by atoms with van der Waals surface area (Å²) in [6.07, 6.45) is -0.850. The number of aliphatic hydroxyl groups is 1. The van der Waals surface area contributed by atoms with Gasteiger partial charge >= 0.3 is 0 Å². The molecule has 1 aromatic carbocycles. The van der Waals surface area contributed by atoms with E-state index in [0.717, 1.165) is 5.56 Å². The fourth-order valence-electron chi connectivity index (χ4n) is 1.35. The Labute approximate surface area is 101 Å². The van der Waals surface area contributed by atoms with Crippen molar-refractivity contribution in [3.63, 3.8) is 0 Å². The molecule has 0 fully saturated rings. The number of thiocarbonyl (C=S) groups is 1. The van der Waals surface area contributed by atoms with E-state index in [0.29, 0.717) is 6.54 Å². The fourth-order valence-corrected chi connectivity index (χ4v) is 1.51. The summed E-state index contributed by atoms with van der Waals surface area (Å²) in [5, 5.41) is 9.69. The summed E-state index contributed by atoms with van der Waals surface area (Å²) < 4.78 is 0. The maximum Gasteiger partial charge on any atom is 0.112 e. The average molecular weight is 247 g/mol. The van der Waals surface area contributed by atoms with Crippen molar-refractivity contribution in [3.05, 3.63) is 35.9 Å². The number of nitrogens with two attached hydrogens (primary N) is 2. The van der Waals surface area contributed by atoms with Crippen LogP contribution in [0.5, 0.6) is 0 Å². The molecule has 5 heteroatoms. The van der Waals surface area contributed by atoms with Crippen LogP contribution in [0.25, 0.3) is 0 Å². The third-order valence-electron chi connectivity index (χ3n) is 2.15. The molecule has 15 heavy (non-hydrogen) atoms. The molecule has 0 heterocycles. The zero-order chi connectivity index (χ0) is 10.6. The Balaban J connectivity index is 0.00000196. The molecule has 0 amide bonds. The number of hydrogen-bond acceptors (Lipinski definition) is 3. The van der Waals surface area contributed by atoms with E-state index in [1.54, 1.807) is 0 Å². The topological polar surface area (TPSA) is 72.3 Å². The largest absolute Gasteiger partial charge is 0.391 e. The molecule has 2 atom stereocenters. The molecular weight excluding hydrogens is 232 g/mol. The summed E-state index contributed by atoms with van der Waals surface area (Å²) in [5.74, 6) is -0.214. The van der Waals surface area contributed by atoms with Crippen molar-refractivity contribution in [1.29, 1.82) is 0 Å². The van der Waals surface area contributed by atoms with Gasteiger partial charge in [-0.15, -0.1) is 12.4 Å². The number of aliphatic hydroxyl groups excluding tert-OH is 1. The summed E-state index contributed by atoms with van der Waals surface area (Å²) in [6.45, 7) is 0.322. The van der Waals surface area contributed by atoms with Gasteiger partial charge < -0.3 is 16.6 Å².